The van der Waals surface area contributed by atoms with Gasteiger partial charge in [-0.15, -0.1) is 0 Å². The Morgan fingerprint density at radius 1 is 1.20 bits per heavy atom. The average Bonchev–Trinajstić information content (AvgIpc) is 3.15. The van der Waals surface area contributed by atoms with Gasteiger partial charge in [-0.25, -0.2) is 19.6 Å². The molecule has 4 rings (SSSR count). The van der Waals surface area contributed by atoms with Crippen LogP contribution in [0.1, 0.15) is 5.56 Å². The monoisotopic (exact) mass is 336 g/mol. The lowest BCUT2D eigenvalue weighted by Crippen LogP contribution is -2.54. The molecule has 3 aromatic rings. The zero-order valence-electron chi connectivity index (χ0n) is 13.4. The zero-order chi connectivity index (χ0) is 17.1. The lowest BCUT2D eigenvalue weighted by molar-refractivity contribution is -0.125. The predicted molar refractivity (Wildman–Crippen MR) is 88.7 cm³/mol. The Hall–Kier alpha value is -3.36. The lowest BCUT2D eigenvalue weighted by atomic mass is 9.99. The number of amides is 1. The molecule has 0 aromatic carbocycles. The van der Waals surface area contributed by atoms with E-state index in [-0.39, 0.29) is 11.8 Å². The molecule has 3 aromatic heterocycles. The Bertz CT molecular complexity index is 846. The van der Waals surface area contributed by atoms with Crippen LogP contribution in [0.2, 0.25) is 0 Å². The molecule has 25 heavy (non-hydrogen) atoms. The molecular weight excluding hydrogens is 320 g/mol. The zero-order valence-corrected chi connectivity index (χ0v) is 13.4. The van der Waals surface area contributed by atoms with E-state index < -0.39 is 0 Å². The minimum atomic E-state index is -0.0403. The van der Waals surface area contributed by atoms with Gasteiger partial charge in [0.1, 0.15) is 24.8 Å². The molecular formula is C16H16N8O. The van der Waals surface area contributed by atoms with Gasteiger partial charge in [0, 0.05) is 38.1 Å². The van der Waals surface area contributed by atoms with Gasteiger partial charge >= 0.3 is 0 Å². The van der Waals surface area contributed by atoms with Gasteiger partial charge in [0.15, 0.2) is 5.82 Å². The van der Waals surface area contributed by atoms with E-state index >= 15 is 0 Å². The van der Waals surface area contributed by atoms with E-state index in [2.05, 4.69) is 30.4 Å². The van der Waals surface area contributed by atoms with Crippen LogP contribution in [0, 0.1) is 5.92 Å². The molecule has 1 N–H and O–H groups in total. The third-order valence-electron chi connectivity index (χ3n) is 4.06. The van der Waals surface area contributed by atoms with Crippen LogP contribution in [-0.2, 0) is 11.3 Å². The molecule has 1 fully saturated rings. The van der Waals surface area contributed by atoms with Gasteiger partial charge in [-0.3, -0.25) is 9.78 Å². The van der Waals surface area contributed by atoms with Crippen molar-refractivity contribution >= 4 is 11.7 Å². The van der Waals surface area contributed by atoms with E-state index in [1.807, 2.05) is 23.1 Å². The summed E-state index contributed by atoms with van der Waals surface area (Å²) in [7, 11) is 0. The Kier molecular flexibility index (Phi) is 4.03. The first kappa shape index (κ1) is 15.2. The highest BCUT2D eigenvalue weighted by Gasteiger charge is 2.33. The van der Waals surface area contributed by atoms with E-state index in [1.165, 1.54) is 12.7 Å². The largest absolute Gasteiger partial charge is 0.355 e. The second-order valence-corrected chi connectivity index (χ2v) is 5.76. The van der Waals surface area contributed by atoms with Crippen molar-refractivity contribution in [3.05, 3.63) is 55.1 Å². The van der Waals surface area contributed by atoms with Crippen molar-refractivity contribution in [2.75, 3.05) is 18.0 Å². The smallest absolute Gasteiger partial charge is 0.226 e. The van der Waals surface area contributed by atoms with Crippen molar-refractivity contribution in [2.45, 2.75) is 6.54 Å². The predicted octanol–water partition coefficient (Wildman–Crippen LogP) is 0.205. The van der Waals surface area contributed by atoms with Gasteiger partial charge in [-0.05, 0) is 11.6 Å². The van der Waals surface area contributed by atoms with Crippen LogP contribution >= 0.6 is 0 Å². The lowest BCUT2D eigenvalue weighted by Gasteiger charge is -2.39. The van der Waals surface area contributed by atoms with Crippen LogP contribution in [0.3, 0.4) is 0 Å². The summed E-state index contributed by atoms with van der Waals surface area (Å²) in [5, 5.41) is 7.00. The van der Waals surface area contributed by atoms with E-state index in [9.17, 15) is 4.79 Å². The summed E-state index contributed by atoms with van der Waals surface area (Å²) in [6.07, 6.45) is 7.98. The summed E-state index contributed by atoms with van der Waals surface area (Å²) < 4.78 is 1.57. The van der Waals surface area contributed by atoms with Crippen LogP contribution in [0.25, 0.3) is 5.82 Å². The minimum Gasteiger partial charge on any atom is -0.355 e. The van der Waals surface area contributed by atoms with E-state index in [0.717, 1.165) is 11.4 Å². The van der Waals surface area contributed by atoms with E-state index in [4.69, 9.17) is 0 Å². The van der Waals surface area contributed by atoms with Crippen molar-refractivity contribution in [2.24, 2.45) is 5.92 Å². The molecule has 0 bridgehead atoms. The van der Waals surface area contributed by atoms with Gasteiger partial charge in [0.25, 0.3) is 0 Å². The average molecular weight is 336 g/mol. The van der Waals surface area contributed by atoms with Gasteiger partial charge in [0.05, 0.1) is 5.92 Å². The quantitative estimate of drug-likeness (QED) is 0.710. The number of hydrogen-bond acceptors (Lipinski definition) is 7. The number of nitrogens with zero attached hydrogens (tertiary/aromatic N) is 7. The third-order valence-corrected chi connectivity index (χ3v) is 4.06. The van der Waals surface area contributed by atoms with Gasteiger partial charge in [0.2, 0.25) is 5.91 Å². The summed E-state index contributed by atoms with van der Waals surface area (Å²) in [5.41, 5.74) is 0.986. The fraction of sp³-hybridized carbons (Fsp3) is 0.250. The molecule has 0 aliphatic carbocycles. The summed E-state index contributed by atoms with van der Waals surface area (Å²) in [5.74, 6) is 1.43. The standard InChI is InChI=1S/C16H16N8O/c25-16(19-6-12-2-1-3-17-5-12)13-7-23(8-13)14-4-15(21-10-20-14)24-11-18-9-22-24/h1-5,9-11,13H,6-8H2,(H,19,25). The van der Waals surface area contributed by atoms with Crippen molar-refractivity contribution < 1.29 is 4.79 Å². The van der Waals surface area contributed by atoms with Crippen LogP contribution in [0.15, 0.2) is 49.6 Å². The van der Waals surface area contributed by atoms with Gasteiger partial charge in [-0.2, -0.15) is 5.10 Å². The van der Waals surface area contributed by atoms with Crippen LogP contribution in [0.5, 0.6) is 0 Å². The molecule has 0 atom stereocenters. The Balaban J connectivity index is 1.33. The first-order chi connectivity index (χ1) is 12.3. The highest BCUT2D eigenvalue weighted by molar-refractivity contribution is 5.81. The molecule has 1 aliphatic heterocycles. The van der Waals surface area contributed by atoms with Crippen molar-refractivity contribution in [3.63, 3.8) is 0 Å². The number of nitrogens with one attached hydrogen (secondary N) is 1. The highest BCUT2D eigenvalue weighted by Crippen LogP contribution is 2.23. The van der Waals surface area contributed by atoms with Crippen LogP contribution < -0.4 is 10.2 Å². The van der Waals surface area contributed by atoms with Crippen molar-refractivity contribution in [1.29, 1.82) is 0 Å². The normalized spacial score (nSPS) is 14.2. The first-order valence-corrected chi connectivity index (χ1v) is 7.88. The number of hydrogen-bond donors (Lipinski definition) is 1. The van der Waals surface area contributed by atoms with Crippen LogP contribution in [0.4, 0.5) is 5.82 Å². The highest BCUT2D eigenvalue weighted by atomic mass is 16.2. The topological polar surface area (TPSA) is 102 Å². The maximum Gasteiger partial charge on any atom is 0.226 e. The number of pyridine rings is 1. The van der Waals surface area contributed by atoms with Crippen LogP contribution in [-0.4, -0.2) is 48.7 Å². The molecule has 126 valence electrons. The summed E-state index contributed by atoms with van der Waals surface area (Å²) in [6.45, 7) is 1.76. The fourth-order valence-electron chi connectivity index (χ4n) is 2.63. The molecule has 1 aliphatic rings. The molecule has 9 heteroatoms. The number of aromatic nitrogens is 6. The van der Waals surface area contributed by atoms with Crippen molar-refractivity contribution in [3.8, 4) is 5.82 Å². The van der Waals surface area contributed by atoms with Gasteiger partial charge < -0.3 is 10.2 Å². The number of carbonyl (C=O) groups is 1. The number of carbonyl (C=O) groups excluding carboxylic acids is 1. The van der Waals surface area contributed by atoms with Gasteiger partial charge in [-0.1, -0.05) is 6.07 Å². The molecule has 0 spiro atoms. The Labute approximate surface area is 143 Å². The molecule has 1 amide bonds. The summed E-state index contributed by atoms with van der Waals surface area (Å²) >= 11 is 0. The molecule has 1 saturated heterocycles. The molecule has 4 heterocycles. The SMILES string of the molecule is O=C(NCc1cccnc1)C1CN(c2cc(-n3cncn3)ncn2)C1. The fourth-order valence-corrected chi connectivity index (χ4v) is 2.63. The molecule has 0 radical (unpaired) electrons. The second kappa shape index (κ2) is 6.63. The molecule has 9 nitrogen and oxygen atoms in total. The Morgan fingerprint density at radius 2 is 2.08 bits per heavy atom. The van der Waals surface area contributed by atoms with Crippen molar-refractivity contribution in [1.82, 2.24) is 35.0 Å². The molecule has 0 saturated carbocycles. The second-order valence-electron chi connectivity index (χ2n) is 5.76. The third kappa shape index (κ3) is 3.30. The number of rotatable bonds is 5. The minimum absolute atomic E-state index is 0.0403. The van der Waals surface area contributed by atoms with E-state index in [0.29, 0.717) is 25.5 Å². The summed E-state index contributed by atoms with van der Waals surface area (Å²) in [4.78, 5) is 30.6. The molecule has 0 unspecified atom stereocenters. The maximum atomic E-state index is 12.2. The van der Waals surface area contributed by atoms with E-state index in [1.54, 1.807) is 23.4 Å². The maximum absolute atomic E-state index is 12.2. The first-order valence-electron chi connectivity index (χ1n) is 7.88. The summed E-state index contributed by atoms with van der Waals surface area (Å²) in [6, 6.07) is 5.62. The number of anilines is 1. The Morgan fingerprint density at radius 3 is 2.84 bits per heavy atom.